The minimum absolute atomic E-state index is 0.00431. The maximum absolute atomic E-state index is 9.85. The van der Waals surface area contributed by atoms with Crippen LogP contribution in [0.4, 0.5) is 0 Å². The summed E-state index contributed by atoms with van der Waals surface area (Å²) in [6.45, 7) is 0.309. The molecule has 6 atom stereocenters. The zero-order chi connectivity index (χ0) is 9.92. The van der Waals surface area contributed by atoms with Crippen molar-refractivity contribution >= 4 is 0 Å². The third-order valence-corrected chi connectivity index (χ3v) is 3.84. The van der Waals surface area contributed by atoms with Gasteiger partial charge in [0.2, 0.25) is 0 Å². The number of aliphatic hydroxyl groups is 3. The van der Waals surface area contributed by atoms with Crippen molar-refractivity contribution in [3.05, 3.63) is 0 Å². The number of ether oxygens (including phenoxy) is 2. The molecular weight excluding hydrogens is 188 g/mol. The molecule has 14 heavy (non-hydrogen) atoms. The van der Waals surface area contributed by atoms with Crippen LogP contribution in [0, 0.1) is 11.8 Å². The van der Waals surface area contributed by atoms with Gasteiger partial charge >= 0.3 is 0 Å². The lowest BCUT2D eigenvalue weighted by molar-refractivity contribution is -0.205. The summed E-state index contributed by atoms with van der Waals surface area (Å²) in [5, 5.41) is 28.8. The Bertz CT molecular complexity index is 258. The molecule has 6 unspecified atom stereocenters. The molecule has 1 aliphatic carbocycles. The summed E-state index contributed by atoms with van der Waals surface area (Å²) in [6.07, 6.45) is -1.06. The summed E-state index contributed by atoms with van der Waals surface area (Å²) in [5.74, 6) is -0.272. The Hall–Kier alpha value is -0.200. The molecule has 0 radical (unpaired) electrons. The monoisotopic (exact) mass is 202 g/mol. The van der Waals surface area contributed by atoms with Crippen LogP contribution in [0.1, 0.15) is 6.42 Å². The van der Waals surface area contributed by atoms with Crippen LogP contribution in [-0.2, 0) is 9.47 Å². The fourth-order valence-corrected chi connectivity index (χ4v) is 3.09. The van der Waals surface area contributed by atoms with Gasteiger partial charge in [-0.2, -0.15) is 0 Å². The van der Waals surface area contributed by atoms with Gasteiger partial charge in [0.15, 0.2) is 6.29 Å². The fraction of sp³-hybridized carbons (Fsp3) is 1.00. The molecule has 0 spiro atoms. The van der Waals surface area contributed by atoms with Gasteiger partial charge in [0, 0.05) is 11.8 Å². The van der Waals surface area contributed by atoms with Crippen molar-refractivity contribution in [3.8, 4) is 0 Å². The molecule has 3 fully saturated rings. The molecule has 3 rings (SSSR count). The predicted octanol–water partition coefficient (Wildman–Crippen LogP) is -1.54. The van der Waals surface area contributed by atoms with Crippen molar-refractivity contribution in [3.63, 3.8) is 0 Å². The van der Waals surface area contributed by atoms with Gasteiger partial charge in [-0.3, -0.25) is 0 Å². The maximum Gasteiger partial charge on any atom is 0.160 e. The molecule has 2 heterocycles. The van der Waals surface area contributed by atoms with Gasteiger partial charge in [0.25, 0.3) is 0 Å². The SMILES string of the molecule is OCC12OC1C(O)C1CCOC(O)C12. The first-order valence-corrected chi connectivity index (χ1v) is 4.97. The first kappa shape index (κ1) is 9.06. The van der Waals surface area contributed by atoms with Crippen molar-refractivity contribution in [2.45, 2.75) is 30.5 Å². The number of rotatable bonds is 1. The Morgan fingerprint density at radius 3 is 2.86 bits per heavy atom. The summed E-state index contributed by atoms with van der Waals surface area (Å²) in [5.41, 5.74) is -0.732. The normalized spacial score (nSPS) is 60.6. The van der Waals surface area contributed by atoms with Gasteiger partial charge in [0.1, 0.15) is 11.7 Å². The first-order chi connectivity index (χ1) is 6.70. The zero-order valence-corrected chi connectivity index (χ0v) is 7.67. The van der Waals surface area contributed by atoms with Crippen LogP contribution in [0.2, 0.25) is 0 Å². The third-order valence-electron chi connectivity index (χ3n) is 3.84. The van der Waals surface area contributed by atoms with Crippen molar-refractivity contribution in [1.29, 1.82) is 0 Å². The molecule has 1 saturated carbocycles. The van der Waals surface area contributed by atoms with E-state index in [4.69, 9.17) is 9.47 Å². The lowest BCUT2D eigenvalue weighted by atomic mass is 9.83. The third kappa shape index (κ3) is 0.869. The number of epoxide rings is 1. The van der Waals surface area contributed by atoms with Crippen LogP contribution >= 0.6 is 0 Å². The average molecular weight is 202 g/mol. The van der Waals surface area contributed by atoms with Crippen molar-refractivity contribution < 1.29 is 24.8 Å². The van der Waals surface area contributed by atoms with Crippen molar-refractivity contribution in [2.75, 3.05) is 13.2 Å². The highest BCUT2D eigenvalue weighted by Gasteiger charge is 2.75. The Labute approximate surface area is 81.3 Å². The summed E-state index contributed by atoms with van der Waals surface area (Å²) < 4.78 is 10.4. The molecular formula is C9H14O5. The maximum atomic E-state index is 9.85. The molecule has 5 heteroatoms. The van der Waals surface area contributed by atoms with Gasteiger partial charge in [-0.25, -0.2) is 0 Å². The van der Waals surface area contributed by atoms with E-state index in [1.165, 1.54) is 0 Å². The Morgan fingerprint density at radius 1 is 1.36 bits per heavy atom. The fourth-order valence-electron chi connectivity index (χ4n) is 3.09. The van der Waals surface area contributed by atoms with Crippen LogP contribution in [0.15, 0.2) is 0 Å². The highest BCUT2D eigenvalue weighted by Crippen LogP contribution is 2.59. The van der Waals surface area contributed by atoms with E-state index in [-0.39, 0.29) is 24.5 Å². The van der Waals surface area contributed by atoms with E-state index in [2.05, 4.69) is 0 Å². The van der Waals surface area contributed by atoms with E-state index in [9.17, 15) is 15.3 Å². The lowest BCUT2D eigenvalue weighted by Crippen LogP contribution is -2.45. The Morgan fingerprint density at radius 2 is 2.14 bits per heavy atom. The topological polar surface area (TPSA) is 82.5 Å². The standard InChI is InChI=1S/C9H14O5/c10-3-9-5-4(1-2-13-8(5)12)6(11)7(9)14-9/h4-8,10-12H,1-3H2. The average Bonchev–Trinajstić information content (AvgIpc) is 2.87. The second-order valence-electron chi connectivity index (χ2n) is 4.38. The molecule has 80 valence electrons. The van der Waals surface area contributed by atoms with Crippen LogP contribution in [0.5, 0.6) is 0 Å². The van der Waals surface area contributed by atoms with E-state index in [1.807, 2.05) is 0 Å². The molecule has 0 aromatic carbocycles. The molecule has 5 nitrogen and oxygen atoms in total. The molecule has 0 amide bonds. The van der Waals surface area contributed by atoms with E-state index >= 15 is 0 Å². The van der Waals surface area contributed by atoms with Crippen LogP contribution in [0.25, 0.3) is 0 Å². The van der Waals surface area contributed by atoms with Crippen molar-refractivity contribution in [1.82, 2.24) is 0 Å². The molecule has 0 aromatic heterocycles. The number of aliphatic hydroxyl groups excluding tert-OH is 3. The molecule has 0 aromatic rings. The molecule has 2 aliphatic heterocycles. The first-order valence-electron chi connectivity index (χ1n) is 4.97. The number of fused-ring (bicyclic) bond motifs is 3. The highest BCUT2D eigenvalue weighted by atomic mass is 16.7. The van der Waals surface area contributed by atoms with Gasteiger partial charge in [-0.15, -0.1) is 0 Å². The van der Waals surface area contributed by atoms with Crippen LogP contribution < -0.4 is 0 Å². The van der Waals surface area contributed by atoms with Crippen LogP contribution in [-0.4, -0.2) is 52.6 Å². The van der Waals surface area contributed by atoms with Gasteiger partial charge in [0.05, 0.1) is 19.3 Å². The van der Waals surface area contributed by atoms with Gasteiger partial charge in [-0.1, -0.05) is 0 Å². The van der Waals surface area contributed by atoms with E-state index in [1.54, 1.807) is 0 Å². The number of hydrogen-bond donors (Lipinski definition) is 3. The quantitative estimate of drug-likeness (QED) is 0.449. The van der Waals surface area contributed by atoms with Crippen LogP contribution in [0.3, 0.4) is 0 Å². The minimum Gasteiger partial charge on any atom is -0.393 e. The molecule has 0 bridgehead atoms. The second-order valence-corrected chi connectivity index (χ2v) is 4.38. The van der Waals surface area contributed by atoms with E-state index in [0.717, 1.165) is 6.42 Å². The smallest absolute Gasteiger partial charge is 0.160 e. The Balaban J connectivity index is 1.92. The summed E-state index contributed by atoms with van der Waals surface area (Å²) >= 11 is 0. The molecule has 3 aliphatic rings. The number of hydrogen-bond acceptors (Lipinski definition) is 5. The van der Waals surface area contributed by atoms with Crippen molar-refractivity contribution in [2.24, 2.45) is 11.8 Å². The highest BCUT2D eigenvalue weighted by molar-refractivity contribution is 5.20. The lowest BCUT2D eigenvalue weighted by Gasteiger charge is -2.35. The summed E-state index contributed by atoms with van der Waals surface area (Å²) in [7, 11) is 0. The molecule has 3 N–H and O–H groups in total. The second kappa shape index (κ2) is 2.68. The predicted molar refractivity (Wildman–Crippen MR) is 44.3 cm³/mol. The Kier molecular flexibility index (Phi) is 1.73. The van der Waals surface area contributed by atoms with Gasteiger partial charge < -0.3 is 24.8 Å². The summed E-state index contributed by atoms with van der Waals surface area (Å²) in [4.78, 5) is 0. The van der Waals surface area contributed by atoms with E-state index in [0.29, 0.717) is 6.61 Å². The zero-order valence-electron chi connectivity index (χ0n) is 7.67. The largest absolute Gasteiger partial charge is 0.393 e. The van der Waals surface area contributed by atoms with Gasteiger partial charge in [-0.05, 0) is 6.42 Å². The summed E-state index contributed by atoms with van der Waals surface area (Å²) in [6, 6.07) is 0. The molecule has 2 saturated heterocycles. The minimum atomic E-state index is -0.914. The van der Waals surface area contributed by atoms with E-state index < -0.39 is 18.0 Å².